The van der Waals surface area contributed by atoms with Crippen molar-refractivity contribution in [3.63, 3.8) is 0 Å². The van der Waals surface area contributed by atoms with E-state index in [0.717, 1.165) is 10.3 Å². The summed E-state index contributed by atoms with van der Waals surface area (Å²) < 4.78 is 1.40. The molecule has 0 saturated heterocycles. The molecule has 1 amide bonds. The van der Waals surface area contributed by atoms with Gasteiger partial charge in [-0.2, -0.15) is 5.26 Å². The highest BCUT2D eigenvalue weighted by atomic mass is 32.2. The average Bonchev–Trinajstić information content (AvgIpc) is 3.04. The Hall–Kier alpha value is -2.96. The minimum absolute atomic E-state index is 0.0234. The van der Waals surface area contributed by atoms with E-state index in [9.17, 15) is 14.9 Å². The molecule has 0 aliphatic rings. The van der Waals surface area contributed by atoms with Crippen molar-refractivity contribution >= 4 is 50.6 Å². The first-order valence-corrected chi connectivity index (χ1v) is 9.29. The molecule has 1 aromatic heterocycles. The first-order chi connectivity index (χ1) is 12.5. The van der Waals surface area contributed by atoms with Crippen LogP contribution in [0.15, 0.2) is 46.8 Å². The maximum absolute atomic E-state index is 12.1. The second kappa shape index (κ2) is 7.95. The van der Waals surface area contributed by atoms with Gasteiger partial charge >= 0.3 is 0 Å². The van der Waals surface area contributed by atoms with E-state index in [2.05, 4.69) is 16.4 Å². The van der Waals surface area contributed by atoms with E-state index in [-0.39, 0.29) is 17.3 Å². The highest BCUT2D eigenvalue weighted by Crippen LogP contribution is 2.31. The lowest BCUT2D eigenvalue weighted by Crippen LogP contribution is -2.13. The summed E-state index contributed by atoms with van der Waals surface area (Å²) in [6.45, 7) is 0. The van der Waals surface area contributed by atoms with Crippen LogP contribution >= 0.6 is 23.1 Å². The third-order valence-electron chi connectivity index (χ3n) is 3.41. The molecule has 130 valence electrons. The first-order valence-electron chi connectivity index (χ1n) is 7.48. The molecule has 0 saturated carbocycles. The van der Waals surface area contributed by atoms with Gasteiger partial charge in [0, 0.05) is 17.8 Å². The van der Waals surface area contributed by atoms with Gasteiger partial charge in [0.1, 0.15) is 0 Å². The maximum atomic E-state index is 12.1. The zero-order valence-corrected chi connectivity index (χ0v) is 15.0. The lowest BCUT2D eigenvalue weighted by atomic mass is 10.1. The molecule has 0 spiro atoms. The topological polar surface area (TPSA) is 109 Å². The van der Waals surface area contributed by atoms with Gasteiger partial charge in [0.25, 0.3) is 5.69 Å². The van der Waals surface area contributed by atoms with Crippen molar-refractivity contribution in [3.05, 3.63) is 58.1 Å². The number of nitrogens with one attached hydrogen (secondary N) is 1. The quantitative estimate of drug-likeness (QED) is 0.391. The van der Waals surface area contributed by atoms with Gasteiger partial charge in [-0.05, 0) is 23.8 Å². The van der Waals surface area contributed by atoms with E-state index < -0.39 is 4.92 Å². The van der Waals surface area contributed by atoms with Crippen LogP contribution in [0.4, 0.5) is 11.4 Å². The number of aromatic nitrogens is 1. The van der Waals surface area contributed by atoms with Crippen LogP contribution in [-0.4, -0.2) is 21.6 Å². The zero-order valence-electron chi connectivity index (χ0n) is 13.3. The zero-order chi connectivity index (χ0) is 18.5. The number of carbonyl (C=O) groups is 1. The van der Waals surface area contributed by atoms with Crippen molar-refractivity contribution in [2.24, 2.45) is 0 Å². The third kappa shape index (κ3) is 4.36. The number of benzene rings is 2. The van der Waals surface area contributed by atoms with Crippen LogP contribution in [0.2, 0.25) is 0 Å². The minimum atomic E-state index is -0.443. The van der Waals surface area contributed by atoms with Crippen LogP contribution in [-0.2, 0) is 11.2 Å². The van der Waals surface area contributed by atoms with Crippen LogP contribution in [0, 0.1) is 21.4 Å². The number of thiazole rings is 1. The summed E-state index contributed by atoms with van der Waals surface area (Å²) in [5.41, 5.74) is 2.26. The van der Waals surface area contributed by atoms with Gasteiger partial charge in [0.2, 0.25) is 5.91 Å². The van der Waals surface area contributed by atoms with E-state index in [1.165, 1.54) is 35.2 Å². The molecule has 0 fully saturated rings. The molecule has 3 rings (SSSR count). The number of amides is 1. The molecule has 0 atom stereocenters. The Kier molecular flexibility index (Phi) is 5.46. The Morgan fingerprint density at radius 3 is 2.77 bits per heavy atom. The summed E-state index contributed by atoms with van der Waals surface area (Å²) in [6, 6.07) is 13.7. The highest BCUT2D eigenvalue weighted by molar-refractivity contribution is 8.01. The number of hydrogen-bond donors (Lipinski definition) is 1. The number of anilines is 1. The Labute approximate surface area is 156 Å². The second-order valence-electron chi connectivity index (χ2n) is 5.26. The molecule has 0 aliphatic heterocycles. The van der Waals surface area contributed by atoms with E-state index in [4.69, 9.17) is 5.26 Å². The summed E-state index contributed by atoms with van der Waals surface area (Å²) in [7, 11) is 0. The molecule has 1 heterocycles. The first kappa shape index (κ1) is 17.8. The highest BCUT2D eigenvalue weighted by Gasteiger charge is 2.12. The van der Waals surface area contributed by atoms with Gasteiger partial charge in [-0.3, -0.25) is 14.9 Å². The fourth-order valence-corrected chi connectivity index (χ4v) is 4.09. The van der Waals surface area contributed by atoms with E-state index >= 15 is 0 Å². The Morgan fingerprint density at radius 2 is 2.08 bits per heavy atom. The molecule has 26 heavy (non-hydrogen) atoms. The Balaban J connectivity index is 1.59. The van der Waals surface area contributed by atoms with Gasteiger partial charge in [-0.1, -0.05) is 23.9 Å². The summed E-state index contributed by atoms with van der Waals surface area (Å²) in [5, 5.41) is 22.2. The number of carbonyl (C=O) groups excluding carboxylic acids is 1. The second-order valence-corrected chi connectivity index (χ2v) is 7.51. The van der Waals surface area contributed by atoms with Crippen molar-refractivity contribution in [1.82, 2.24) is 4.98 Å². The Morgan fingerprint density at radius 1 is 1.31 bits per heavy atom. The van der Waals surface area contributed by atoms with Crippen LogP contribution in [0.25, 0.3) is 10.2 Å². The van der Waals surface area contributed by atoms with Crippen LogP contribution in [0.5, 0.6) is 0 Å². The summed E-state index contributed by atoms with van der Waals surface area (Å²) in [5.74, 6) is 0.00950. The number of nitro groups is 1. The number of non-ortho nitro benzene ring substituents is 1. The number of nitro benzene ring substituents is 1. The van der Waals surface area contributed by atoms with Crippen molar-refractivity contribution in [1.29, 1.82) is 5.26 Å². The SMILES string of the molecule is N#CCc1ccc(NC(=O)CSc2nc3ccc([N+](=O)[O-])cc3s2)cc1. The molecule has 2 aromatic carbocycles. The van der Waals surface area contributed by atoms with Gasteiger partial charge in [-0.15, -0.1) is 11.3 Å². The number of hydrogen-bond acceptors (Lipinski definition) is 7. The molecular weight excluding hydrogens is 372 g/mol. The minimum Gasteiger partial charge on any atom is -0.325 e. The summed E-state index contributed by atoms with van der Waals surface area (Å²) >= 11 is 2.60. The number of nitriles is 1. The maximum Gasteiger partial charge on any atom is 0.270 e. The van der Waals surface area contributed by atoms with Crippen LogP contribution in [0.1, 0.15) is 5.56 Å². The number of fused-ring (bicyclic) bond motifs is 1. The summed E-state index contributed by atoms with van der Waals surface area (Å²) in [4.78, 5) is 26.8. The number of nitrogens with zero attached hydrogens (tertiary/aromatic N) is 3. The molecule has 7 nitrogen and oxygen atoms in total. The molecule has 0 radical (unpaired) electrons. The molecular formula is C17H12N4O3S2. The fourth-order valence-electron chi connectivity index (χ4n) is 2.19. The van der Waals surface area contributed by atoms with Gasteiger partial charge < -0.3 is 5.32 Å². The van der Waals surface area contributed by atoms with Gasteiger partial charge in [-0.25, -0.2) is 4.98 Å². The lowest BCUT2D eigenvalue weighted by Gasteiger charge is -2.04. The van der Waals surface area contributed by atoms with E-state index in [1.807, 2.05) is 0 Å². The average molecular weight is 384 g/mol. The molecule has 0 bridgehead atoms. The Bertz CT molecular complexity index is 1010. The van der Waals surface area contributed by atoms with Crippen LogP contribution < -0.4 is 5.32 Å². The largest absolute Gasteiger partial charge is 0.325 e. The van der Waals surface area contributed by atoms with Gasteiger partial charge in [0.05, 0.1) is 33.4 Å². The van der Waals surface area contributed by atoms with E-state index in [1.54, 1.807) is 30.3 Å². The predicted octanol–water partition coefficient (Wildman–Crippen LogP) is 4.00. The predicted molar refractivity (Wildman–Crippen MR) is 101 cm³/mol. The molecule has 0 unspecified atom stereocenters. The fraction of sp³-hybridized carbons (Fsp3) is 0.118. The lowest BCUT2D eigenvalue weighted by molar-refractivity contribution is -0.384. The van der Waals surface area contributed by atoms with Crippen LogP contribution in [0.3, 0.4) is 0 Å². The summed E-state index contributed by atoms with van der Waals surface area (Å²) in [6.07, 6.45) is 0.333. The smallest absolute Gasteiger partial charge is 0.270 e. The normalized spacial score (nSPS) is 10.4. The van der Waals surface area contributed by atoms with Gasteiger partial charge in [0.15, 0.2) is 4.34 Å². The number of thioether (sulfide) groups is 1. The van der Waals surface area contributed by atoms with Crippen molar-refractivity contribution in [3.8, 4) is 6.07 Å². The molecule has 0 aliphatic carbocycles. The van der Waals surface area contributed by atoms with Crippen molar-refractivity contribution in [2.45, 2.75) is 10.8 Å². The molecule has 9 heteroatoms. The molecule has 3 aromatic rings. The third-order valence-corrected chi connectivity index (χ3v) is 5.57. The van der Waals surface area contributed by atoms with E-state index in [0.29, 0.717) is 22.0 Å². The standard InChI is InChI=1S/C17H12N4O3S2/c18-8-7-11-1-3-12(4-2-11)19-16(22)10-25-17-20-14-6-5-13(21(23)24)9-15(14)26-17/h1-6,9H,7,10H2,(H,19,22). The molecule has 1 N–H and O–H groups in total. The van der Waals surface area contributed by atoms with Crippen molar-refractivity contribution in [2.75, 3.05) is 11.1 Å². The number of rotatable bonds is 6. The monoisotopic (exact) mass is 384 g/mol. The van der Waals surface area contributed by atoms with Crippen molar-refractivity contribution < 1.29 is 9.72 Å².